The van der Waals surface area contributed by atoms with E-state index in [-0.39, 0.29) is 23.0 Å². The van der Waals surface area contributed by atoms with Gasteiger partial charge in [0.05, 0.1) is 5.69 Å². The van der Waals surface area contributed by atoms with Gasteiger partial charge in [0.2, 0.25) is 5.89 Å². The predicted molar refractivity (Wildman–Crippen MR) is 65.9 cm³/mol. The molecule has 0 bridgehead atoms. The summed E-state index contributed by atoms with van der Waals surface area (Å²) in [5.41, 5.74) is 0.247. The largest absolute Gasteiger partial charge is 0.406 e. The van der Waals surface area contributed by atoms with Crippen molar-refractivity contribution in [3.05, 3.63) is 34.4 Å². The van der Waals surface area contributed by atoms with Crippen LogP contribution in [0.5, 0.6) is 0 Å². The van der Waals surface area contributed by atoms with Crippen molar-refractivity contribution in [3.8, 4) is 0 Å². The molecule has 0 aliphatic carbocycles. The van der Waals surface area contributed by atoms with Crippen molar-refractivity contribution < 1.29 is 8.81 Å². The monoisotopic (exact) mass is 319 g/mol. The van der Waals surface area contributed by atoms with Crippen LogP contribution in [0.1, 0.15) is 18.2 Å². The van der Waals surface area contributed by atoms with Crippen LogP contribution in [0.15, 0.2) is 27.1 Å². The molecule has 4 nitrogen and oxygen atoms in total. The highest BCUT2D eigenvalue weighted by atomic mass is 79.9. The summed E-state index contributed by atoms with van der Waals surface area (Å²) in [5, 5.41) is 9.73. The Morgan fingerprint density at radius 2 is 2.24 bits per heavy atom. The second-order valence-electron chi connectivity index (χ2n) is 3.31. The van der Waals surface area contributed by atoms with E-state index < -0.39 is 5.82 Å². The van der Waals surface area contributed by atoms with E-state index in [1.54, 1.807) is 19.1 Å². The smallest absolute Gasteiger partial charge is 0.320 e. The highest BCUT2D eigenvalue weighted by Gasteiger charge is 2.12. The number of hydrogen-bond donors (Lipinski definition) is 1. The molecular formula is C10H8BrClFN3O. The summed E-state index contributed by atoms with van der Waals surface area (Å²) in [6, 6.07) is 4.60. The summed E-state index contributed by atoms with van der Waals surface area (Å²) >= 11 is 9.01. The van der Waals surface area contributed by atoms with Crippen molar-refractivity contribution in [2.24, 2.45) is 0 Å². The second kappa shape index (κ2) is 5.01. The Labute approximate surface area is 110 Å². The van der Waals surface area contributed by atoms with E-state index in [9.17, 15) is 4.39 Å². The Bertz CT molecular complexity index is 532. The van der Waals surface area contributed by atoms with Gasteiger partial charge in [-0.05, 0) is 25.1 Å². The van der Waals surface area contributed by atoms with Crippen LogP contribution >= 0.6 is 27.5 Å². The molecule has 0 radical (unpaired) electrons. The lowest BCUT2D eigenvalue weighted by molar-refractivity contribution is 0.509. The number of halogens is 3. The summed E-state index contributed by atoms with van der Waals surface area (Å²) in [6.07, 6.45) is 0. The number of benzene rings is 1. The Morgan fingerprint density at radius 1 is 1.47 bits per heavy atom. The maximum absolute atomic E-state index is 13.4. The molecule has 0 aliphatic rings. The van der Waals surface area contributed by atoms with Crippen molar-refractivity contribution in [2.45, 2.75) is 12.3 Å². The first-order chi connectivity index (χ1) is 8.06. The lowest BCUT2D eigenvalue weighted by Crippen LogP contribution is -1.93. The number of hydrogen-bond acceptors (Lipinski definition) is 4. The van der Waals surface area contributed by atoms with E-state index in [1.165, 1.54) is 6.07 Å². The van der Waals surface area contributed by atoms with Crippen LogP contribution in [0.3, 0.4) is 0 Å². The van der Waals surface area contributed by atoms with E-state index in [0.29, 0.717) is 0 Å². The maximum Gasteiger partial charge on any atom is 0.320 e. The number of nitrogens with zero attached hydrogens (tertiary/aromatic N) is 2. The van der Waals surface area contributed by atoms with Crippen LogP contribution in [0.2, 0.25) is 0 Å². The Balaban J connectivity index is 2.22. The Morgan fingerprint density at radius 3 is 2.88 bits per heavy atom. The van der Waals surface area contributed by atoms with Crippen molar-refractivity contribution >= 4 is 39.2 Å². The van der Waals surface area contributed by atoms with Crippen LogP contribution in [-0.4, -0.2) is 10.2 Å². The fourth-order valence-corrected chi connectivity index (χ4v) is 1.60. The standard InChI is InChI=1S/C10H8BrClFN3O/c1-5(12)9-15-16-10(17-9)14-8-4-6(11)2-3-7(8)13/h2-5H,1H3,(H,14,16). The van der Waals surface area contributed by atoms with E-state index in [2.05, 4.69) is 31.4 Å². The molecule has 0 saturated heterocycles. The molecular weight excluding hydrogens is 312 g/mol. The van der Waals surface area contributed by atoms with Gasteiger partial charge < -0.3 is 9.73 Å². The van der Waals surface area contributed by atoms with Crippen LogP contribution in [0.4, 0.5) is 16.1 Å². The molecule has 0 fully saturated rings. The molecule has 7 heteroatoms. The molecule has 0 saturated carbocycles. The molecule has 1 heterocycles. The quantitative estimate of drug-likeness (QED) is 0.868. The molecule has 17 heavy (non-hydrogen) atoms. The van der Waals surface area contributed by atoms with Gasteiger partial charge in [0.25, 0.3) is 0 Å². The minimum Gasteiger partial charge on any atom is -0.406 e. The fraction of sp³-hybridized carbons (Fsp3) is 0.200. The zero-order chi connectivity index (χ0) is 12.4. The van der Waals surface area contributed by atoms with E-state index in [1.807, 2.05) is 0 Å². The molecule has 0 spiro atoms. The van der Waals surface area contributed by atoms with Gasteiger partial charge in [-0.2, -0.15) is 0 Å². The molecule has 1 aromatic carbocycles. The van der Waals surface area contributed by atoms with Crippen molar-refractivity contribution in [2.75, 3.05) is 5.32 Å². The highest BCUT2D eigenvalue weighted by molar-refractivity contribution is 9.10. The topological polar surface area (TPSA) is 51.0 Å². The minimum atomic E-state index is -0.410. The average Bonchev–Trinajstić information content (AvgIpc) is 2.72. The first-order valence-corrected chi connectivity index (χ1v) is 5.99. The third-order valence-corrected chi connectivity index (χ3v) is 2.63. The summed E-state index contributed by atoms with van der Waals surface area (Å²) in [6.45, 7) is 1.71. The molecule has 1 aromatic heterocycles. The van der Waals surface area contributed by atoms with Gasteiger partial charge in [-0.3, -0.25) is 0 Å². The van der Waals surface area contributed by atoms with Crippen LogP contribution in [0, 0.1) is 5.82 Å². The first kappa shape index (κ1) is 12.3. The molecule has 0 aliphatic heterocycles. The fourth-order valence-electron chi connectivity index (χ4n) is 1.15. The van der Waals surface area contributed by atoms with Crippen LogP contribution in [-0.2, 0) is 0 Å². The molecule has 90 valence electrons. The Kier molecular flexibility index (Phi) is 3.63. The summed E-state index contributed by atoms with van der Waals surface area (Å²) in [4.78, 5) is 0. The number of aromatic nitrogens is 2. The lowest BCUT2D eigenvalue weighted by Gasteiger charge is -2.03. The SMILES string of the molecule is CC(Cl)c1nnc(Nc2cc(Br)ccc2F)o1. The minimum absolute atomic E-state index is 0.101. The van der Waals surface area contributed by atoms with Gasteiger partial charge in [-0.25, -0.2) is 4.39 Å². The van der Waals surface area contributed by atoms with Gasteiger partial charge in [-0.1, -0.05) is 21.0 Å². The summed E-state index contributed by atoms with van der Waals surface area (Å²) in [5.74, 6) is -0.128. The van der Waals surface area contributed by atoms with Gasteiger partial charge in [-0.15, -0.1) is 16.7 Å². The van der Waals surface area contributed by atoms with Gasteiger partial charge in [0, 0.05) is 4.47 Å². The molecule has 1 atom stereocenters. The van der Waals surface area contributed by atoms with Crippen LogP contribution in [0.25, 0.3) is 0 Å². The Hall–Kier alpha value is -1.14. The van der Waals surface area contributed by atoms with E-state index in [0.717, 1.165) is 4.47 Å². The van der Waals surface area contributed by atoms with E-state index in [4.69, 9.17) is 16.0 Å². The lowest BCUT2D eigenvalue weighted by atomic mass is 10.3. The van der Waals surface area contributed by atoms with Gasteiger partial charge in [0.1, 0.15) is 11.2 Å². The molecule has 0 amide bonds. The first-order valence-electron chi connectivity index (χ1n) is 4.76. The second-order valence-corrected chi connectivity index (χ2v) is 4.88. The third-order valence-electron chi connectivity index (χ3n) is 1.95. The number of alkyl halides is 1. The zero-order valence-corrected chi connectivity index (χ0v) is 11.1. The third kappa shape index (κ3) is 2.95. The van der Waals surface area contributed by atoms with Gasteiger partial charge in [0.15, 0.2) is 0 Å². The molecule has 1 N–H and O–H groups in total. The normalized spacial score (nSPS) is 12.5. The van der Waals surface area contributed by atoms with Crippen molar-refractivity contribution in [1.29, 1.82) is 0 Å². The number of anilines is 2. The molecule has 2 rings (SSSR count). The number of rotatable bonds is 3. The highest BCUT2D eigenvalue weighted by Crippen LogP contribution is 2.25. The predicted octanol–water partition coefficient (Wildman–Crippen LogP) is 4.01. The van der Waals surface area contributed by atoms with Crippen LogP contribution < -0.4 is 5.32 Å². The summed E-state index contributed by atoms with van der Waals surface area (Å²) < 4.78 is 19.4. The number of nitrogens with one attached hydrogen (secondary N) is 1. The zero-order valence-electron chi connectivity index (χ0n) is 8.75. The van der Waals surface area contributed by atoms with Crippen molar-refractivity contribution in [1.82, 2.24) is 10.2 Å². The molecule has 1 unspecified atom stereocenters. The average molecular weight is 321 g/mol. The maximum atomic E-state index is 13.4. The van der Waals surface area contributed by atoms with E-state index >= 15 is 0 Å². The molecule has 2 aromatic rings. The van der Waals surface area contributed by atoms with Crippen molar-refractivity contribution in [3.63, 3.8) is 0 Å². The summed E-state index contributed by atoms with van der Waals surface area (Å²) in [7, 11) is 0. The van der Waals surface area contributed by atoms with Gasteiger partial charge >= 0.3 is 6.01 Å².